The molecule has 2 heterocycles. The summed E-state index contributed by atoms with van der Waals surface area (Å²) < 4.78 is 0. The Bertz CT molecular complexity index is 330. The molecule has 0 saturated carbocycles. The maximum atomic E-state index is 4.77. The van der Waals surface area contributed by atoms with Gasteiger partial charge in [0.05, 0.1) is 0 Å². The van der Waals surface area contributed by atoms with Gasteiger partial charge in [0.15, 0.2) is 0 Å². The molecule has 0 fully saturated rings. The average molecular weight is 138 g/mol. The van der Waals surface area contributed by atoms with Crippen LogP contribution in [-0.2, 0) is 0 Å². The maximum absolute atomic E-state index is 4.77. The fraction of sp³-hybridized carbons (Fsp3) is 0. The number of H-pyrrole nitrogens is 1. The van der Waals surface area contributed by atoms with Crippen molar-refractivity contribution in [3.8, 4) is 0 Å². The van der Waals surface area contributed by atoms with Crippen LogP contribution in [0.1, 0.15) is 0 Å². The number of hydrogen-bond donors (Lipinski definition) is 1. The highest BCUT2D eigenvalue weighted by molar-refractivity contribution is 7.81. The van der Waals surface area contributed by atoms with Gasteiger partial charge in [-0.2, -0.15) is 0 Å². The first kappa shape index (κ1) is 4.75. The molecule has 1 aromatic heterocycles. The molecule has 0 saturated heterocycles. The van der Waals surface area contributed by atoms with Gasteiger partial charge in [0.2, 0.25) is 5.49 Å². The van der Waals surface area contributed by atoms with Crippen LogP contribution in [0.5, 0.6) is 0 Å². The lowest BCUT2D eigenvalue weighted by atomic mass is 10.6. The summed E-state index contributed by atoms with van der Waals surface area (Å²) in [6, 6.07) is 0. The van der Waals surface area contributed by atoms with Gasteiger partial charge in [0.1, 0.15) is 10.3 Å². The molecule has 1 N–H and O–H groups in total. The molecule has 0 bridgehead atoms. The Balaban J connectivity index is 3.01. The number of nitrogens with zero attached hydrogens (tertiary/aromatic N) is 3. The van der Waals surface area contributed by atoms with Crippen LogP contribution in [0.25, 0.3) is 6.08 Å². The topological polar surface area (TPSA) is 53.9 Å². The fourth-order valence-corrected chi connectivity index (χ4v) is 0.874. The van der Waals surface area contributed by atoms with Crippen LogP contribution in [0.15, 0.2) is 4.99 Å². The smallest absolute Gasteiger partial charge is 0.202 e. The summed E-state index contributed by atoms with van der Waals surface area (Å²) in [5, 5.41) is 10.6. The first-order chi connectivity index (χ1) is 4.36. The fourth-order valence-electron chi connectivity index (χ4n) is 0.670. The Labute approximate surface area is 55.3 Å². The van der Waals surface area contributed by atoms with Crippen molar-refractivity contribution in [2.24, 2.45) is 4.99 Å². The van der Waals surface area contributed by atoms with Crippen molar-refractivity contribution in [3.05, 3.63) is 10.8 Å². The van der Waals surface area contributed by atoms with E-state index in [1.54, 1.807) is 6.08 Å². The van der Waals surface area contributed by atoms with Crippen LogP contribution in [0.2, 0.25) is 0 Å². The minimum absolute atomic E-state index is 0.561. The van der Waals surface area contributed by atoms with Gasteiger partial charge in [0, 0.05) is 6.08 Å². The van der Waals surface area contributed by atoms with Gasteiger partial charge >= 0.3 is 0 Å². The molecule has 44 valence electrons. The van der Waals surface area contributed by atoms with E-state index in [2.05, 4.69) is 20.4 Å². The highest BCUT2D eigenvalue weighted by Gasteiger charge is 2.00. The minimum atomic E-state index is 0.561. The summed E-state index contributed by atoms with van der Waals surface area (Å²) in [4.78, 5) is 4.44. The molecule has 0 aromatic carbocycles. The molecule has 0 aliphatic carbocycles. The van der Waals surface area contributed by atoms with Crippen LogP contribution < -0.4 is 10.8 Å². The van der Waals surface area contributed by atoms with E-state index >= 15 is 0 Å². The van der Waals surface area contributed by atoms with E-state index in [1.165, 1.54) is 0 Å². The second-order valence-electron chi connectivity index (χ2n) is 1.64. The molecular weight excluding hydrogens is 136 g/mol. The standard InChI is InChI=1S/C4H2N4S/c9-3-1-2-4(5-3)7-8-6-2/h1H,(H,5,6,7,9). The zero-order valence-electron chi connectivity index (χ0n) is 4.33. The van der Waals surface area contributed by atoms with Crippen LogP contribution in [-0.4, -0.2) is 20.4 Å². The summed E-state index contributed by atoms with van der Waals surface area (Å²) >= 11 is 4.77. The molecule has 4 nitrogen and oxygen atoms in total. The van der Waals surface area contributed by atoms with Crippen LogP contribution >= 0.6 is 12.2 Å². The van der Waals surface area contributed by atoms with Gasteiger partial charge in [-0.15, -0.1) is 5.10 Å². The predicted octanol–water partition coefficient (Wildman–Crippen LogP) is -1.45. The lowest BCUT2D eigenvalue weighted by Gasteiger charge is -1.70. The third-order valence-electron chi connectivity index (χ3n) is 1.04. The number of fused-ring (bicyclic) bond motifs is 1. The second kappa shape index (κ2) is 1.44. The zero-order valence-corrected chi connectivity index (χ0v) is 5.14. The van der Waals surface area contributed by atoms with Gasteiger partial charge < -0.3 is 0 Å². The average Bonchev–Trinajstić information content (AvgIpc) is 2.22. The molecule has 1 aromatic rings. The van der Waals surface area contributed by atoms with Gasteiger partial charge in [-0.3, -0.25) is 5.10 Å². The van der Waals surface area contributed by atoms with Crippen LogP contribution in [0.3, 0.4) is 0 Å². The van der Waals surface area contributed by atoms with E-state index in [9.17, 15) is 0 Å². The molecule has 1 aliphatic heterocycles. The molecule has 9 heavy (non-hydrogen) atoms. The largest absolute Gasteiger partial charge is 0.256 e. The molecule has 0 unspecified atom stereocenters. The van der Waals surface area contributed by atoms with E-state index in [1.807, 2.05) is 0 Å². The summed E-state index contributed by atoms with van der Waals surface area (Å²) in [6.07, 6.45) is 1.73. The summed E-state index contributed by atoms with van der Waals surface area (Å²) in [7, 11) is 0. The monoisotopic (exact) mass is 138 g/mol. The zero-order chi connectivity index (χ0) is 6.27. The highest BCUT2D eigenvalue weighted by Crippen LogP contribution is 1.81. The van der Waals surface area contributed by atoms with Crippen molar-refractivity contribution in [1.82, 2.24) is 15.4 Å². The van der Waals surface area contributed by atoms with E-state index in [-0.39, 0.29) is 0 Å². The Kier molecular flexibility index (Phi) is 0.762. The third kappa shape index (κ3) is 0.580. The molecule has 1 aliphatic rings. The first-order valence-electron chi connectivity index (χ1n) is 2.38. The summed E-state index contributed by atoms with van der Waals surface area (Å²) in [5.41, 5.74) is 0.597. The van der Waals surface area contributed by atoms with E-state index in [4.69, 9.17) is 12.2 Å². The molecule has 0 amide bonds. The molecule has 0 atom stereocenters. The Morgan fingerprint density at radius 2 is 2.44 bits per heavy atom. The molecule has 0 radical (unpaired) electrons. The number of hydrogen-bond acceptors (Lipinski definition) is 3. The highest BCUT2D eigenvalue weighted by atomic mass is 32.1. The molecule has 5 heteroatoms. The lowest BCUT2D eigenvalue weighted by molar-refractivity contribution is 0.918. The predicted molar refractivity (Wildman–Crippen MR) is 34.2 cm³/mol. The number of aromatic amines is 1. The Morgan fingerprint density at radius 3 is 3.22 bits per heavy atom. The molecule has 0 spiro atoms. The first-order valence-corrected chi connectivity index (χ1v) is 2.78. The van der Waals surface area contributed by atoms with Gasteiger partial charge in [-0.25, -0.2) is 4.99 Å². The maximum Gasteiger partial charge on any atom is 0.202 e. The third-order valence-corrected chi connectivity index (χ3v) is 1.25. The van der Waals surface area contributed by atoms with Crippen molar-refractivity contribution in [2.45, 2.75) is 0 Å². The number of nitrogens with one attached hydrogen (secondary N) is 1. The minimum Gasteiger partial charge on any atom is -0.256 e. The molecule has 2 rings (SSSR count). The lowest BCUT2D eigenvalue weighted by Crippen LogP contribution is -2.20. The van der Waals surface area contributed by atoms with Crippen LogP contribution in [0.4, 0.5) is 0 Å². The van der Waals surface area contributed by atoms with Crippen molar-refractivity contribution in [2.75, 3.05) is 0 Å². The van der Waals surface area contributed by atoms with E-state index in [0.29, 0.717) is 10.5 Å². The number of thiocarbonyl (C=S) groups is 1. The second-order valence-corrected chi connectivity index (χ2v) is 2.06. The Hall–Kier alpha value is -1.10. The van der Waals surface area contributed by atoms with E-state index < -0.39 is 0 Å². The normalized spacial score (nSPS) is 14.4. The van der Waals surface area contributed by atoms with Gasteiger partial charge in [0.25, 0.3) is 0 Å². The quantitative estimate of drug-likeness (QED) is 0.446. The summed E-state index contributed by atoms with van der Waals surface area (Å²) in [6.45, 7) is 0. The van der Waals surface area contributed by atoms with Crippen molar-refractivity contribution in [1.29, 1.82) is 0 Å². The van der Waals surface area contributed by atoms with Gasteiger partial charge in [-0.05, 0) is 0 Å². The van der Waals surface area contributed by atoms with Crippen molar-refractivity contribution in [3.63, 3.8) is 0 Å². The van der Waals surface area contributed by atoms with Crippen LogP contribution in [0, 0.1) is 0 Å². The van der Waals surface area contributed by atoms with Crippen molar-refractivity contribution >= 4 is 23.3 Å². The number of rotatable bonds is 0. The molecular formula is C4H2N4S. The van der Waals surface area contributed by atoms with Crippen molar-refractivity contribution < 1.29 is 0 Å². The SMILES string of the molecule is S=C1C=c2[nH]nnc2=N1. The van der Waals surface area contributed by atoms with Gasteiger partial charge in [-0.1, -0.05) is 17.4 Å². The number of aromatic nitrogens is 3. The summed E-state index contributed by atoms with van der Waals surface area (Å²) in [5.74, 6) is 0. The van der Waals surface area contributed by atoms with E-state index in [0.717, 1.165) is 5.35 Å². The Morgan fingerprint density at radius 1 is 1.56 bits per heavy atom.